The number of aryl methyl sites for hydroxylation is 1. The third-order valence-electron chi connectivity index (χ3n) is 3.92. The van der Waals surface area contributed by atoms with E-state index in [2.05, 4.69) is 9.71 Å². The van der Waals surface area contributed by atoms with Gasteiger partial charge in [0.05, 0.1) is 9.77 Å². The molecule has 2 heterocycles. The molecule has 0 saturated carbocycles. The van der Waals surface area contributed by atoms with Crippen LogP contribution in [0.3, 0.4) is 0 Å². The first-order chi connectivity index (χ1) is 13.0. The number of pyridine rings is 1. The van der Waals surface area contributed by atoms with E-state index < -0.39 is 10.0 Å². The quantitative estimate of drug-likeness (QED) is 0.442. The maximum Gasteiger partial charge on any atom is 0.240 e. The molecule has 1 aromatic carbocycles. The lowest BCUT2D eigenvalue weighted by Crippen LogP contribution is -2.25. The van der Waals surface area contributed by atoms with Gasteiger partial charge in [0, 0.05) is 29.5 Å². The van der Waals surface area contributed by atoms with Gasteiger partial charge in [0.2, 0.25) is 15.8 Å². The fourth-order valence-electron chi connectivity index (χ4n) is 2.54. The van der Waals surface area contributed by atoms with Gasteiger partial charge in [-0.15, -0.1) is 11.3 Å². The van der Waals surface area contributed by atoms with Gasteiger partial charge < -0.3 is 0 Å². The van der Waals surface area contributed by atoms with E-state index in [1.807, 2.05) is 11.4 Å². The predicted molar refractivity (Wildman–Crippen MR) is 107 cm³/mol. The monoisotopic (exact) mass is 420 g/mol. The van der Waals surface area contributed by atoms with Crippen LogP contribution in [-0.2, 0) is 16.4 Å². The van der Waals surface area contributed by atoms with Crippen LogP contribution in [0.1, 0.15) is 27.2 Å². The highest BCUT2D eigenvalue weighted by molar-refractivity contribution is 7.89. The molecule has 0 amide bonds. The zero-order chi connectivity index (χ0) is 19.3. The normalized spacial score (nSPS) is 11.4. The summed E-state index contributed by atoms with van der Waals surface area (Å²) in [5.41, 5.74) is 1.46. The Balaban J connectivity index is 1.58. The Morgan fingerprint density at radius 2 is 1.93 bits per heavy atom. The van der Waals surface area contributed by atoms with Crippen molar-refractivity contribution in [3.8, 4) is 0 Å². The van der Waals surface area contributed by atoms with Crippen LogP contribution >= 0.6 is 22.9 Å². The van der Waals surface area contributed by atoms with Gasteiger partial charge in [0.1, 0.15) is 0 Å². The second-order valence-corrected chi connectivity index (χ2v) is 8.92. The number of nitrogens with one attached hydrogen (secondary N) is 1. The molecule has 0 spiro atoms. The van der Waals surface area contributed by atoms with E-state index in [0.29, 0.717) is 28.3 Å². The minimum absolute atomic E-state index is 0.0603. The van der Waals surface area contributed by atoms with E-state index >= 15 is 0 Å². The van der Waals surface area contributed by atoms with E-state index in [4.69, 9.17) is 11.6 Å². The van der Waals surface area contributed by atoms with E-state index in [1.165, 1.54) is 35.6 Å². The number of ketones is 1. The van der Waals surface area contributed by atoms with Crippen LogP contribution in [0.2, 0.25) is 5.02 Å². The van der Waals surface area contributed by atoms with Crippen molar-refractivity contribution in [1.29, 1.82) is 0 Å². The van der Waals surface area contributed by atoms with Crippen molar-refractivity contribution in [3.05, 3.63) is 81.3 Å². The summed E-state index contributed by atoms with van der Waals surface area (Å²) in [7, 11) is -3.57. The molecule has 27 heavy (non-hydrogen) atoms. The maximum atomic E-state index is 12.6. The number of hydrogen-bond acceptors (Lipinski definition) is 5. The van der Waals surface area contributed by atoms with Crippen LogP contribution in [-0.4, -0.2) is 25.7 Å². The van der Waals surface area contributed by atoms with E-state index in [9.17, 15) is 13.2 Å². The number of aromatic nitrogens is 1. The first-order valence-electron chi connectivity index (χ1n) is 8.24. The summed E-state index contributed by atoms with van der Waals surface area (Å²) in [4.78, 5) is 17.4. The van der Waals surface area contributed by atoms with Crippen LogP contribution < -0.4 is 4.72 Å². The lowest BCUT2D eigenvalue weighted by atomic mass is 10.1. The smallest absolute Gasteiger partial charge is 0.240 e. The molecule has 0 bridgehead atoms. The van der Waals surface area contributed by atoms with Crippen LogP contribution in [0.4, 0.5) is 0 Å². The molecule has 0 atom stereocenters. The standard InChI is InChI=1S/C19H17ClN2O3S2/c20-16-5-7-17(8-6-16)27(24,25)22-11-2-3-14-9-12-26-19(14)18(23)15-4-1-10-21-13-15/h1,4-10,12-13,22H,2-3,11H2. The zero-order valence-electron chi connectivity index (χ0n) is 14.3. The number of carbonyl (C=O) groups is 1. The molecule has 3 aromatic rings. The van der Waals surface area contributed by atoms with Gasteiger partial charge in [-0.1, -0.05) is 11.6 Å². The maximum absolute atomic E-state index is 12.6. The summed E-state index contributed by atoms with van der Waals surface area (Å²) in [6, 6.07) is 11.4. The van der Waals surface area contributed by atoms with Gasteiger partial charge in [-0.3, -0.25) is 9.78 Å². The number of carbonyl (C=O) groups excluding carboxylic acids is 1. The van der Waals surface area contributed by atoms with Gasteiger partial charge in [0.25, 0.3) is 0 Å². The number of hydrogen-bond donors (Lipinski definition) is 1. The van der Waals surface area contributed by atoms with Gasteiger partial charge in [-0.2, -0.15) is 0 Å². The molecule has 0 unspecified atom stereocenters. The minimum atomic E-state index is -3.57. The number of sulfonamides is 1. The zero-order valence-corrected chi connectivity index (χ0v) is 16.7. The Morgan fingerprint density at radius 1 is 1.15 bits per heavy atom. The fraction of sp³-hybridized carbons (Fsp3) is 0.158. The Kier molecular flexibility index (Phi) is 6.38. The number of halogens is 1. The number of thiophene rings is 1. The molecular weight excluding hydrogens is 404 g/mol. The van der Waals surface area contributed by atoms with Crippen LogP contribution in [0.5, 0.6) is 0 Å². The van der Waals surface area contributed by atoms with Gasteiger partial charge in [-0.25, -0.2) is 13.1 Å². The molecule has 1 N–H and O–H groups in total. The largest absolute Gasteiger partial charge is 0.288 e. The molecule has 5 nitrogen and oxygen atoms in total. The highest BCUT2D eigenvalue weighted by Crippen LogP contribution is 2.22. The summed E-state index contributed by atoms with van der Waals surface area (Å²) >= 11 is 7.17. The first kappa shape index (κ1) is 19.7. The lowest BCUT2D eigenvalue weighted by molar-refractivity contribution is 0.104. The van der Waals surface area contributed by atoms with Crippen LogP contribution in [0.25, 0.3) is 0 Å². The summed E-state index contributed by atoms with van der Waals surface area (Å²) in [6.45, 7) is 0.279. The molecule has 0 saturated heterocycles. The molecular formula is C19H17ClN2O3S2. The number of nitrogens with zero attached hydrogens (tertiary/aromatic N) is 1. The average Bonchev–Trinajstić information content (AvgIpc) is 3.14. The summed E-state index contributed by atoms with van der Waals surface area (Å²) in [5, 5.41) is 2.36. The number of rotatable bonds is 8. The van der Waals surface area contributed by atoms with E-state index in [1.54, 1.807) is 24.5 Å². The van der Waals surface area contributed by atoms with Crippen LogP contribution in [0.15, 0.2) is 65.1 Å². The summed E-state index contributed by atoms with van der Waals surface area (Å²) < 4.78 is 27.1. The van der Waals surface area contributed by atoms with Crippen LogP contribution in [0, 0.1) is 0 Å². The Bertz CT molecular complexity index is 1020. The predicted octanol–water partition coefficient (Wildman–Crippen LogP) is 3.94. The molecule has 0 fully saturated rings. The van der Waals surface area contributed by atoms with Crippen molar-refractivity contribution in [1.82, 2.24) is 9.71 Å². The lowest BCUT2D eigenvalue weighted by Gasteiger charge is -2.07. The number of benzene rings is 1. The molecule has 0 radical (unpaired) electrons. The van der Waals surface area contributed by atoms with Crippen molar-refractivity contribution in [3.63, 3.8) is 0 Å². The fourth-order valence-corrected chi connectivity index (χ4v) is 4.66. The van der Waals surface area contributed by atoms with Crippen molar-refractivity contribution in [2.24, 2.45) is 0 Å². The second kappa shape index (κ2) is 8.75. The topological polar surface area (TPSA) is 76.1 Å². The molecule has 8 heteroatoms. The summed E-state index contributed by atoms with van der Waals surface area (Å²) in [5.74, 6) is -0.0603. The van der Waals surface area contributed by atoms with Crippen molar-refractivity contribution >= 4 is 38.7 Å². The molecule has 0 aliphatic carbocycles. The van der Waals surface area contributed by atoms with Gasteiger partial charge in [-0.05, 0) is 66.2 Å². The van der Waals surface area contributed by atoms with Crippen molar-refractivity contribution in [2.45, 2.75) is 17.7 Å². The first-order valence-corrected chi connectivity index (χ1v) is 11.0. The van der Waals surface area contributed by atoms with Crippen molar-refractivity contribution < 1.29 is 13.2 Å². The third kappa shape index (κ3) is 5.01. The van der Waals surface area contributed by atoms with Gasteiger partial charge in [0.15, 0.2) is 0 Å². The Hall–Kier alpha value is -2.06. The SMILES string of the molecule is O=C(c1cccnc1)c1sccc1CCCNS(=O)(=O)c1ccc(Cl)cc1. The Morgan fingerprint density at radius 3 is 2.63 bits per heavy atom. The highest BCUT2D eigenvalue weighted by atomic mass is 35.5. The third-order valence-corrected chi connectivity index (χ3v) is 6.60. The second-order valence-electron chi connectivity index (χ2n) is 5.80. The summed E-state index contributed by atoms with van der Waals surface area (Å²) in [6.07, 6.45) is 4.36. The molecule has 140 valence electrons. The Labute approximate surface area is 167 Å². The molecule has 3 rings (SSSR count). The average molecular weight is 421 g/mol. The molecule has 2 aromatic heterocycles. The molecule has 0 aliphatic rings. The van der Waals surface area contributed by atoms with Gasteiger partial charge >= 0.3 is 0 Å². The minimum Gasteiger partial charge on any atom is -0.288 e. The highest BCUT2D eigenvalue weighted by Gasteiger charge is 2.16. The molecule has 0 aliphatic heterocycles. The van der Waals surface area contributed by atoms with E-state index in [0.717, 1.165) is 5.56 Å². The van der Waals surface area contributed by atoms with Crippen molar-refractivity contribution in [2.75, 3.05) is 6.54 Å². The van der Waals surface area contributed by atoms with E-state index in [-0.39, 0.29) is 17.2 Å².